The van der Waals surface area contributed by atoms with Crippen LogP contribution >= 0.6 is 0 Å². The van der Waals surface area contributed by atoms with Crippen molar-refractivity contribution >= 4 is 75.9 Å². The smallest absolute Gasteiger partial charge is 0.0489 e. The zero-order valence-corrected chi connectivity index (χ0v) is 32.4. The van der Waals surface area contributed by atoms with Crippen molar-refractivity contribution in [2.45, 2.75) is 0 Å². The molecule has 0 atom stereocenters. The van der Waals surface area contributed by atoms with E-state index in [1.807, 2.05) is 0 Å². The van der Waals surface area contributed by atoms with Crippen molar-refractivity contribution < 1.29 is 0 Å². The second-order valence-electron chi connectivity index (χ2n) is 15.7. The zero-order chi connectivity index (χ0) is 38.5. The summed E-state index contributed by atoms with van der Waals surface area (Å²) in [7, 11) is 4.34. The van der Waals surface area contributed by atoms with Crippen LogP contribution in [0.2, 0.25) is 0 Å². The molecule has 12 aromatic rings. The van der Waals surface area contributed by atoms with Gasteiger partial charge in [0.2, 0.25) is 0 Å². The van der Waals surface area contributed by atoms with Crippen LogP contribution in [0.15, 0.2) is 194 Å². The highest BCUT2D eigenvalue weighted by Gasteiger charge is 2.20. The Bertz CT molecular complexity index is 3460. The van der Waals surface area contributed by atoms with Crippen LogP contribution in [0.25, 0.3) is 120 Å². The van der Waals surface area contributed by atoms with Crippen molar-refractivity contribution in [1.29, 1.82) is 0 Å². The number of fused-ring (bicyclic) bond motifs is 9. The molecule has 0 bridgehead atoms. The lowest BCUT2D eigenvalue weighted by atomic mass is 9.84. The fourth-order valence-electron chi connectivity index (χ4n) is 10.0. The summed E-state index contributed by atoms with van der Waals surface area (Å²) < 4.78 is 4.62. The van der Waals surface area contributed by atoms with Crippen molar-refractivity contribution in [3.63, 3.8) is 0 Å². The van der Waals surface area contributed by atoms with E-state index in [9.17, 15) is 0 Å². The molecule has 0 saturated carbocycles. The van der Waals surface area contributed by atoms with Gasteiger partial charge in [-0.15, -0.1) is 0 Å². The van der Waals surface area contributed by atoms with Gasteiger partial charge in [0.15, 0.2) is 0 Å². The third-order valence-corrected chi connectivity index (χ3v) is 12.8. The summed E-state index contributed by atoms with van der Waals surface area (Å²) in [4.78, 5) is 0. The van der Waals surface area contributed by atoms with Crippen LogP contribution in [0.1, 0.15) is 0 Å². The van der Waals surface area contributed by atoms with E-state index in [0.717, 1.165) is 0 Å². The molecular formula is C56H38N2. The Balaban J connectivity index is 1.19. The molecule has 0 spiro atoms. The lowest BCUT2D eigenvalue weighted by Gasteiger charge is -2.19. The third kappa shape index (κ3) is 4.72. The number of aromatic nitrogens is 2. The molecule has 12 rings (SSSR count). The van der Waals surface area contributed by atoms with Gasteiger partial charge in [-0.3, -0.25) is 0 Å². The number of hydrogen-bond acceptors (Lipinski definition) is 0. The fraction of sp³-hybridized carbons (Fsp3) is 0.0357. The molecule has 2 heterocycles. The fourth-order valence-corrected chi connectivity index (χ4v) is 10.0. The molecule has 10 aromatic carbocycles. The lowest BCUT2D eigenvalue weighted by molar-refractivity contribution is 1.01. The van der Waals surface area contributed by atoms with Gasteiger partial charge in [-0.25, -0.2) is 0 Å². The predicted octanol–water partition coefficient (Wildman–Crippen LogP) is 15.1. The molecule has 0 unspecified atom stereocenters. The first kappa shape index (κ1) is 32.8. The molecule has 58 heavy (non-hydrogen) atoms. The highest BCUT2D eigenvalue weighted by Crippen LogP contribution is 2.46. The number of hydrogen-bond donors (Lipinski definition) is 0. The Labute approximate surface area is 336 Å². The molecule has 2 heteroatoms. The van der Waals surface area contributed by atoms with Crippen LogP contribution in [0.4, 0.5) is 0 Å². The Morgan fingerprint density at radius 1 is 0.241 bits per heavy atom. The molecule has 0 aliphatic heterocycles. The van der Waals surface area contributed by atoms with Crippen LogP contribution in [0.5, 0.6) is 0 Å². The minimum Gasteiger partial charge on any atom is -0.344 e. The van der Waals surface area contributed by atoms with Crippen molar-refractivity contribution in [2.75, 3.05) is 0 Å². The summed E-state index contributed by atoms with van der Waals surface area (Å²) in [6.07, 6.45) is 0. The monoisotopic (exact) mass is 738 g/mol. The third-order valence-electron chi connectivity index (χ3n) is 12.8. The SMILES string of the molecule is Cn1c2ccccc2c2cc(-c3cccc4c(-c5cccc6c(-c7ccccc7)cccc56)c5cccc(-c6ccc7c(c6)c6ccccc6n7C)c5cc34)ccc21. The van der Waals surface area contributed by atoms with Crippen molar-refractivity contribution in [3.8, 4) is 44.5 Å². The van der Waals surface area contributed by atoms with Gasteiger partial charge in [-0.1, -0.05) is 152 Å². The molecule has 0 fully saturated rings. The predicted molar refractivity (Wildman–Crippen MR) is 249 cm³/mol. The first-order chi connectivity index (χ1) is 28.6. The first-order valence-corrected chi connectivity index (χ1v) is 20.1. The van der Waals surface area contributed by atoms with Crippen molar-refractivity contribution in [1.82, 2.24) is 9.13 Å². The quantitative estimate of drug-likeness (QED) is 0.159. The Morgan fingerprint density at radius 3 is 1.17 bits per heavy atom. The minimum absolute atomic E-state index is 1.22. The molecule has 272 valence electrons. The first-order valence-electron chi connectivity index (χ1n) is 20.1. The Morgan fingerprint density at radius 2 is 0.638 bits per heavy atom. The molecule has 0 amide bonds. The van der Waals surface area contributed by atoms with Crippen LogP contribution < -0.4 is 0 Å². The van der Waals surface area contributed by atoms with Crippen LogP contribution in [-0.2, 0) is 14.1 Å². The molecular weight excluding hydrogens is 701 g/mol. The zero-order valence-electron chi connectivity index (χ0n) is 32.4. The van der Waals surface area contributed by atoms with E-state index < -0.39 is 0 Å². The molecule has 2 aromatic heterocycles. The number of aryl methyl sites for hydroxylation is 2. The van der Waals surface area contributed by atoms with Gasteiger partial charge in [0, 0.05) is 57.7 Å². The van der Waals surface area contributed by atoms with Crippen molar-refractivity contribution in [3.05, 3.63) is 194 Å². The largest absolute Gasteiger partial charge is 0.344 e. The number of para-hydroxylation sites is 2. The maximum Gasteiger partial charge on any atom is 0.0489 e. The van der Waals surface area contributed by atoms with E-state index >= 15 is 0 Å². The standard InChI is InChI=1S/C56H38N2/c1-57-52-26-8-6-16-43(52)50-32-36(28-30-54(50)57)39-19-11-24-46-48(39)34-49-40(37-29-31-55-51(33-37)44-17-7-9-27-53(44)58(55)2)20-12-25-47(49)56(46)45-23-13-21-41-38(18-10-22-42(41)45)35-14-4-3-5-15-35/h3-34H,1-2H3. The van der Waals surface area contributed by atoms with Crippen LogP contribution in [-0.4, -0.2) is 9.13 Å². The average Bonchev–Trinajstić information content (AvgIpc) is 3.74. The summed E-state index contributed by atoms with van der Waals surface area (Å²) in [5.74, 6) is 0. The average molecular weight is 739 g/mol. The molecule has 0 saturated heterocycles. The minimum atomic E-state index is 1.22. The maximum atomic E-state index is 2.47. The summed E-state index contributed by atoms with van der Waals surface area (Å²) in [5, 5.41) is 12.6. The van der Waals surface area contributed by atoms with E-state index in [2.05, 4.69) is 217 Å². The Kier molecular flexibility index (Phi) is 7.09. The molecule has 0 radical (unpaired) electrons. The van der Waals surface area contributed by atoms with Gasteiger partial charge in [-0.2, -0.15) is 0 Å². The summed E-state index contributed by atoms with van der Waals surface area (Å²) in [6, 6.07) is 72.2. The van der Waals surface area contributed by atoms with Gasteiger partial charge in [0.25, 0.3) is 0 Å². The van der Waals surface area contributed by atoms with Gasteiger partial charge >= 0.3 is 0 Å². The highest BCUT2D eigenvalue weighted by molar-refractivity contribution is 6.23. The topological polar surface area (TPSA) is 9.86 Å². The molecule has 0 aliphatic carbocycles. The van der Waals surface area contributed by atoms with Crippen LogP contribution in [0.3, 0.4) is 0 Å². The summed E-state index contributed by atoms with van der Waals surface area (Å²) in [5.41, 5.74) is 14.9. The van der Waals surface area contributed by atoms with E-state index in [1.54, 1.807) is 0 Å². The second-order valence-corrected chi connectivity index (χ2v) is 15.7. The van der Waals surface area contributed by atoms with E-state index in [4.69, 9.17) is 0 Å². The normalized spacial score (nSPS) is 12.0. The molecule has 0 aliphatic rings. The van der Waals surface area contributed by atoms with Gasteiger partial charge in [0.1, 0.15) is 0 Å². The van der Waals surface area contributed by atoms with E-state index in [1.165, 1.54) is 120 Å². The van der Waals surface area contributed by atoms with Crippen LogP contribution in [0, 0.1) is 0 Å². The summed E-state index contributed by atoms with van der Waals surface area (Å²) >= 11 is 0. The van der Waals surface area contributed by atoms with Gasteiger partial charge in [-0.05, 0) is 119 Å². The number of rotatable bonds is 4. The van der Waals surface area contributed by atoms with Gasteiger partial charge < -0.3 is 9.13 Å². The number of nitrogens with zero attached hydrogens (tertiary/aromatic N) is 2. The van der Waals surface area contributed by atoms with E-state index in [0.29, 0.717) is 0 Å². The lowest BCUT2D eigenvalue weighted by Crippen LogP contribution is -1.92. The maximum absolute atomic E-state index is 2.47. The Hall–Kier alpha value is -7.42. The van der Waals surface area contributed by atoms with Crippen molar-refractivity contribution in [2.24, 2.45) is 14.1 Å². The molecule has 0 N–H and O–H groups in total. The van der Waals surface area contributed by atoms with Gasteiger partial charge in [0.05, 0.1) is 0 Å². The second kappa shape index (κ2) is 12.5. The molecule has 2 nitrogen and oxygen atoms in total. The van der Waals surface area contributed by atoms with E-state index in [-0.39, 0.29) is 0 Å². The summed E-state index contributed by atoms with van der Waals surface area (Å²) in [6.45, 7) is 0. The highest BCUT2D eigenvalue weighted by atomic mass is 14.9. The number of benzene rings is 10.